The van der Waals surface area contributed by atoms with E-state index in [0.717, 1.165) is 0 Å². The quantitative estimate of drug-likeness (QED) is 0.532. The van der Waals surface area contributed by atoms with E-state index < -0.39 is 24.1 Å². The Morgan fingerprint density at radius 3 is 2.88 bits per heavy atom. The Morgan fingerprint density at radius 1 is 1.65 bits per heavy atom. The van der Waals surface area contributed by atoms with Crippen LogP contribution < -0.4 is 11.4 Å². The van der Waals surface area contributed by atoms with Crippen molar-refractivity contribution in [2.75, 3.05) is 12.3 Å². The highest BCUT2D eigenvalue weighted by molar-refractivity contribution is 5.23. The van der Waals surface area contributed by atoms with Crippen molar-refractivity contribution in [2.45, 2.75) is 24.9 Å². The fraction of sp³-hybridized carbons (Fsp3) is 0.556. The molecule has 1 fully saturated rings. The lowest BCUT2D eigenvalue weighted by Crippen LogP contribution is -2.27. The van der Waals surface area contributed by atoms with Crippen molar-refractivity contribution >= 4 is 5.82 Å². The molecule has 0 amide bonds. The van der Waals surface area contributed by atoms with Gasteiger partial charge in [0.15, 0.2) is 0 Å². The van der Waals surface area contributed by atoms with E-state index in [4.69, 9.17) is 15.6 Å². The number of nitrogen functional groups attached to an aromatic ring is 1. The second-order valence-electron chi connectivity index (χ2n) is 3.66. The van der Waals surface area contributed by atoms with Crippen LogP contribution in [-0.4, -0.2) is 44.1 Å². The number of rotatable bonds is 2. The van der Waals surface area contributed by atoms with E-state index in [1.54, 1.807) is 0 Å². The third-order valence-corrected chi connectivity index (χ3v) is 2.55. The van der Waals surface area contributed by atoms with E-state index in [9.17, 15) is 9.90 Å². The average molecular weight is 245 g/mol. The minimum absolute atomic E-state index is 0. The number of aromatic nitrogens is 2. The van der Waals surface area contributed by atoms with Gasteiger partial charge in [0, 0.05) is 12.6 Å². The Labute approximate surface area is 96.6 Å². The van der Waals surface area contributed by atoms with Gasteiger partial charge in [-0.1, -0.05) is 0 Å². The van der Waals surface area contributed by atoms with Crippen LogP contribution in [0.1, 0.15) is 12.6 Å². The number of aliphatic hydroxyl groups is 2. The molecule has 1 aromatic heterocycles. The van der Waals surface area contributed by atoms with Crippen LogP contribution in [0.4, 0.5) is 5.82 Å². The molecule has 2 heterocycles. The summed E-state index contributed by atoms with van der Waals surface area (Å²) in [5, 5.41) is 18.4. The number of hydrogen-bond acceptors (Lipinski definition) is 6. The van der Waals surface area contributed by atoms with Crippen molar-refractivity contribution in [1.82, 2.24) is 9.55 Å². The molecule has 0 aliphatic carbocycles. The Bertz CT molecular complexity index is 435. The first-order valence-electron chi connectivity index (χ1n) is 4.91. The number of anilines is 1. The summed E-state index contributed by atoms with van der Waals surface area (Å²) in [7, 11) is 0. The molecule has 0 bridgehead atoms. The Kier molecular flexibility index (Phi) is 4.18. The standard InChI is InChI=1S/C9H13N3O4.H2O/c10-7-1-2-12(9(15)11-7)8-3-5(14)6(4-13)16-8;/h1-2,5-6,8,13-14H,3-4H2,(H2,10,11,15);1H2/t5-,6+,8+;/m1./s1. The number of nitrogens with two attached hydrogens (primary N) is 1. The molecule has 1 aliphatic heterocycles. The molecule has 1 saturated heterocycles. The van der Waals surface area contributed by atoms with E-state index >= 15 is 0 Å². The molecule has 0 radical (unpaired) electrons. The van der Waals surface area contributed by atoms with Crippen LogP contribution in [0.15, 0.2) is 17.1 Å². The summed E-state index contributed by atoms with van der Waals surface area (Å²) in [4.78, 5) is 15.0. The van der Waals surface area contributed by atoms with Crippen LogP contribution in [0.2, 0.25) is 0 Å². The minimum atomic E-state index is -0.778. The summed E-state index contributed by atoms with van der Waals surface area (Å²) in [5.74, 6) is 0.138. The largest absolute Gasteiger partial charge is 0.412 e. The van der Waals surface area contributed by atoms with Crippen molar-refractivity contribution < 1.29 is 20.4 Å². The predicted octanol–water partition coefficient (Wildman–Crippen LogP) is -2.36. The van der Waals surface area contributed by atoms with Crippen LogP contribution in [0.25, 0.3) is 0 Å². The molecular formula is C9H15N3O5. The lowest BCUT2D eigenvalue weighted by Gasteiger charge is -2.13. The highest BCUT2D eigenvalue weighted by Crippen LogP contribution is 2.27. The van der Waals surface area contributed by atoms with E-state index in [1.807, 2.05) is 0 Å². The van der Waals surface area contributed by atoms with Gasteiger partial charge in [-0.05, 0) is 6.07 Å². The molecule has 3 atom stereocenters. The smallest absolute Gasteiger partial charge is 0.351 e. The molecule has 8 nitrogen and oxygen atoms in total. The van der Waals surface area contributed by atoms with Crippen molar-refractivity contribution in [3.05, 3.63) is 22.7 Å². The van der Waals surface area contributed by atoms with Gasteiger partial charge in [0.25, 0.3) is 0 Å². The molecule has 96 valence electrons. The van der Waals surface area contributed by atoms with Gasteiger partial charge in [0.2, 0.25) is 0 Å². The van der Waals surface area contributed by atoms with Gasteiger partial charge in [0.1, 0.15) is 18.1 Å². The maximum Gasteiger partial charge on any atom is 0.351 e. The van der Waals surface area contributed by atoms with Crippen molar-refractivity contribution in [1.29, 1.82) is 0 Å². The van der Waals surface area contributed by atoms with Crippen LogP contribution in [0, 0.1) is 0 Å². The monoisotopic (exact) mass is 245 g/mol. The third-order valence-electron chi connectivity index (χ3n) is 2.55. The normalized spacial score (nSPS) is 27.8. The fourth-order valence-corrected chi connectivity index (χ4v) is 1.70. The molecule has 0 aromatic carbocycles. The number of ether oxygens (including phenoxy) is 1. The lowest BCUT2D eigenvalue weighted by molar-refractivity contribution is -0.0458. The van der Waals surface area contributed by atoms with E-state index in [2.05, 4.69) is 4.98 Å². The maximum absolute atomic E-state index is 11.5. The Morgan fingerprint density at radius 2 is 2.35 bits per heavy atom. The first-order valence-corrected chi connectivity index (χ1v) is 4.91. The maximum atomic E-state index is 11.5. The predicted molar refractivity (Wildman–Crippen MR) is 58.1 cm³/mol. The zero-order chi connectivity index (χ0) is 11.7. The van der Waals surface area contributed by atoms with Crippen molar-refractivity contribution in [2.24, 2.45) is 0 Å². The minimum Gasteiger partial charge on any atom is -0.412 e. The molecule has 8 heteroatoms. The molecule has 17 heavy (non-hydrogen) atoms. The number of aliphatic hydroxyl groups excluding tert-OH is 2. The highest BCUT2D eigenvalue weighted by Gasteiger charge is 2.34. The van der Waals surface area contributed by atoms with Gasteiger partial charge in [-0.15, -0.1) is 0 Å². The first-order chi connectivity index (χ1) is 7.61. The van der Waals surface area contributed by atoms with Crippen molar-refractivity contribution in [3.63, 3.8) is 0 Å². The van der Waals surface area contributed by atoms with Gasteiger partial charge >= 0.3 is 5.69 Å². The van der Waals surface area contributed by atoms with Gasteiger partial charge in [-0.3, -0.25) is 4.57 Å². The van der Waals surface area contributed by atoms with Gasteiger partial charge in [-0.25, -0.2) is 4.79 Å². The highest BCUT2D eigenvalue weighted by atomic mass is 16.5. The number of hydrogen-bond donors (Lipinski definition) is 3. The second kappa shape index (κ2) is 5.23. The first kappa shape index (κ1) is 13.6. The Hall–Kier alpha value is -1.48. The summed E-state index contributed by atoms with van der Waals surface area (Å²) in [6.07, 6.45) is -0.333. The molecule has 0 unspecified atom stereocenters. The molecule has 2 rings (SSSR count). The topological polar surface area (TPSA) is 142 Å². The van der Waals surface area contributed by atoms with Gasteiger partial charge < -0.3 is 26.2 Å². The summed E-state index contributed by atoms with van der Waals surface area (Å²) in [5.41, 5.74) is 4.82. The molecule has 1 aliphatic rings. The molecule has 1 aromatic rings. The van der Waals surface area contributed by atoms with Crippen LogP contribution >= 0.6 is 0 Å². The van der Waals surface area contributed by atoms with E-state index in [1.165, 1.54) is 16.8 Å². The Balaban J connectivity index is 0.00000144. The summed E-state index contributed by atoms with van der Waals surface area (Å²) in [6.45, 7) is -0.283. The molecule has 0 spiro atoms. The molecule has 6 N–H and O–H groups in total. The van der Waals surface area contributed by atoms with Gasteiger partial charge in [-0.2, -0.15) is 4.98 Å². The van der Waals surface area contributed by atoms with Crippen LogP contribution in [0.3, 0.4) is 0 Å². The van der Waals surface area contributed by atoms with Gasteiger partial charge in [0.05, 0.1) is 12.7 Å². The van der Waals surface area contributed by atoms with E-state index in [0.29, 0.717) is 0 Å². The molecule has 0 saturated carbocycles. The number of nitrogens with zero attached hydrogens (tertiary/aromatic N) is 2. The van der Waals surface area contributed by atoms with E-state index in [-0.39, 0.29) is 24.3 Å². The summed E-state index contributed by atoms with van der Waals surface area (Å²) < 4.78 is 6.56. The van der Waals surface area contributed by atoms with Crippen LogP contribution in [-0.2, 0) is 4.74 Å². The lowest BCUT2D eigenvalue weighted by atomic mass is 10.2. The van der Waals surface area contributed by atoms with Crippen LogP contribution in [0.5, 0.6) is 0 Å². The summed E-state index contributed by atoms with van der Waals surface area (Å²) >= 11 is 0. The van der Waals surface area contributed by atoms with Crippen molar-refractivity contribution in [3.8, 4) is 0 Å². The third kappa shape index (κ3) is 2.61. The zero-order valence-electron chi connectivity index (χ0n) is 8.98. The average Bonchev–Trinajstić information content (AvgIpc) is 2.59. The SMILES string of the molecule is Nc1ccn([C@@H]2C[C@@H](O)[C@H](CO)O2)c(=O)n1.O. The zero-order valence-corrected chi connectivity index (χ0v) is 8.98. The summed E-state index contributed by atoms with van der Waals surface area (Å²) in [6, 6.07) is 1.48. The second-order valence-corrected chi connectivity index (χ2v) is 3.66. The molecular weight excluding hydrogens is 230 g/mol. The fourth-order valence-electron chi connectivity index (χ4n) is 1.70.